The third-order valence-corrected chi connectivity index (χ3v) is 9.19. The van der Waals surface area contributed by atoms with Crippen LogP contribution in [-0.2, 0) is 19.9 Å². The van der Waals surface area contributed by atoms with Gasteiger partial charge in [-0.3, -0.25) is 4.79 Å². The highest BCUT2D eigenvalue weighted by Gasteiger charge is 2.32. The predicted molar refractivity (Wildman–Crippen MR) is 112 cm³/mol. The van der Waals surface area contributed by atoms with Crippen LogP contribution in [0.1, 0.15) is 41.4 Å². The number of benzene rings is 1. The number of sulfone groups is 1. The number of hydrogen-bond donors (Lipinski definition) is 1. The van der Waals surface area contributed by atoms with Gasteiger partial charge in [0.05, 0.1) is 23.2 Å². The first-order valence-corrected chi connectivity index (χ1v) is 13.2. The molecule has 0 spiro atoms. The van der Waals surface area contributed by atoms with Gasteiger partial charge in [0.15, 0.2) is 9.84 Å². The minimum atomic E-state index is -4.03. The van der Waals surface area contributed by atoms with Crippen molar-refractivity contribution in [1.82, 2.24) is 14.1 Å². The molecule has 1 atom stereocenters. The highest BCUT2D eigenvalue weighted by atomic mass is 32.2. The van der Waals surface area contributed by atoms with E-state index in [1.54, 1.807) is 13.0 Å². The van der Waals surface area contributed by atoms with Crippen LogP contribution < -0.4 is 5.32 Å². The van der Waals surface area contributed by atoms with Gasteiger partial charge < -0.3 is 5.32 Å². The highest BCUT2D eigenvalue weighted by Crippen LogP contribution is 2.28. The number of hydrogen-bond acceptors (Lipinski definition) is 6. The summed E-state index contributed by atoms with van der Waals surface area (Å²) in [6.07, 6.45) is 1.81. The highest BCUT2D eigenvalue weighted by molar-refractivity contribution is 7.91. The van der Waals surface area contributed by atoms with Crippen molar-refractivity contribution < 1.29 is 26.0 Å². The number of aromatic nitrogens is 2. The predicted octanol–water partition coefficient (Wildman–Crippen LogP) is 1.73. The van der Waals surface area contributed by atoms with Gasteiger partial charge in [-0.25, -0.2) is 25.9 Å². The Morgan fingerprint density at radius 3 is 2.58 bits per heavy atom. The van der Waals surface area contributed by atoms with Crippen LogP contribution in [0.3, 0.4) is 0 Å². The van der Waals surface area contributed by atoms with E-state index in [4.69, 9.17) is 0 Å². The van der Waals surface area contributed by atoms with E-state index in [2.05, 4.69) is 10.4 Å². The van der Waals surface area contributed by atoms with Crippen LogP contribution >= 0.6 is 0 Å². The Labute approximate surface area is 180 Å². The average Bonchev–Trinajstić information content (AvgIpc) is 3.42. The molecule has 12 heteroatoms. The zero-order valence-electron chi connectivity index (χ0n) is 16.9. The van der Waals surface area contributed by atoms with Crippen molar-refractivity contribution in [2.75, 3.05) is 29.9 Å². The van der Waals surface area contributed by atoms with E-state index in [0.717, 1.165) is 12.1 Å². The fraction of sp³-hybridized carbons (Fsp3) is 0.474. The van der Waals surface area contributed by atoms with Crippen molar-refractivity contribution in [2.45, 2.75) is 37.1 Å². The molecule has 2 aliphatic rings. The maximum atomic E-state index is 14.3. The molecule has 0 saturated carbocycles. The lowest BCUT2D eigenvalue weighted by Gasteiger charge is -2.17. The molecule has 2 saturated heterocycles. The second kappa shape index (κ2) is 7.99. The molecule has 4 rings (SSSR count). The van der Waals surface area contributed by atoms with Crippen LogP contribution in [0, 0.1) is 12.7 Å². The van der Waals surface area contributed by atoms with Crippen LogP contribution in [-0.4, -0.2) is 61.4 Å². The van der Waals surface area contributed by atoms with Gasteiger partial charge in [-0.1, -0.05) is 0 Å². The molecule has 0 bridgehead atoms. The van der Waals surface area contributed by atoms with Gasteiger partial charge in [0.2, 0.25) is 10.0 Å². The van der Waals surface area contributed by atoms with Crippen molar-refractivity contribution >= 4 is 31.6 Å². The minimum absolute atomic E-state index is 0.0244. The fourth-order valence-corrected chi connectivity index (χ4v) is 7.25. The number of nitrogens with one attached hydrogen (secondary N) is 1. The summed E-state index contributed by atoms with van der Waals surface area (Å²) >= 11 is 0. The number of carbonyl (C=O) groups is 1. The summed E-state index contributed by atoms with van der Waals surface area (Å²) in [6, 6.07) is 4.42. The number of sulfonamides is 1. The molecular formula is C19H23FN4O5S2. The fourth-order valence-electron chi connectivity index (χ4n) is 3.95. The van der Waals surface area contributed by atoms with E-state index in [1.165, 1.54) is 15.1 Å². The summed E-state index contributed by atoms with van der Waals surface area (Å²) in [5.41, 5.74) is 0.569. The number of halogens is 1. The molecule has 1 amide bonds. The molecule has 1 aromatic heterocycles. The number of rotatable bonds is 5. The summed E-state index contributed by atoms with van der Waals surface area (Å²) in [4.78, 5) is 12.3. The average molecular weight is 471 g/mol. The molecular weight excluding hydrogens is 447 g/mol. The first-order valence-electron chi connectivity index (χ1n) is 9.94. The van der Waals surface area contributed by atoms with E-state index < -0.39 is 42.5 Å². The summed E-state index contributed by atoms with van der Waals surface area (Å²) in [6.45, 7) is 2.36. The van der Waals surface area contributed by atoms with Crippen LogP contribution in [0.2, 0.25) is 0 Å². The van der Waals surface area contributed by atoms with Crippen LogP contribution in [0.15, 0.2) is 29.2 Å². The lowest BCUT2D eigenvalue weighted by atomic mass is 10.2. The number of amides is 1. The number of aryl methyl sites for hydroxylation is 1. The monoisotopic (exact) mass is 470 g/mol. The summed E-state index contributed by atoms with van der Waals surface area (Å²) in [7, 11) is -7.19. The summed E-state index contributed by atoms with van der Waals surface area (Å²) < 4.78 is 66.2. The number of nitrogens with zero attached hydrogens (tertiary/aromatic N) is 3. The lowest BCUT2D eigenvalue weighted by Crippen LogP contribution is -2.29. The summed E-state index contributed by atoms with van der Waals surface area (Å²) in [5, 5.41) is 6.96. The van der Waals surface area contributed by atoms with Crippen LogP contribution in [0.25, 0.3) is 0 Å². The first-order chi connectivity index (χ1) is 14.6. The van der Waals surface area contributed by atoms with Gasteiger partial charge in [-0.2, -0.15) is 9.40 Å². The molecule has 1 unspecified atom stereocenters. The molecule has 31 heavy (non-hydrogen) atoms. The van der Waals surface area contributed by atoms with Gasteiger partial charge >= 0.3 is 0 Å². The molecule has 2 aromatic rings. The molecule has 168 valence electrons. The van der Waals surface area contributed by atoms with Gasteiger partial charge in [-0.15, -0.1) is 0 Å². The zero-order valence-corrected chi connectivity index (χ0v) is 18.5. The Morgan fingerprint density at radius 1 is 1.23 bits per heavy atom. The Bertz CT molecular complexity index is 1230. The van der Waals surface area contributed by atoms with Gasteiger partial charge in [0, 0.05) is 24.7 Å². The summed E-state index contributed by atoms with van der Waals surface area (Å²) in [5.74, 6) is -1.26. The van der Waals surface area contributed by atoms with Crippen molar-refractivity contribution in [3.05, 3.63) is 41.3 Å². The lowest BCUT2D eigenvalue weighted by molar-refractivity contribution is 0.102. The van der Waals surface area contributed by atoms with Crippen molar-refractivity contribution in [3.63, 3.8) is 0 Å². The number of anilines is 1. The van der Waals surface area contributed by atoms with E-state index in [9.17, 15) is 26.0 Å². The Balaban J connectivity index is 1.61. The molecule has 1 aromatic carbocycles. The second-order valence-electron chi connectivity index (χ2n) is 7.88. The van der Waals surface area contributed by atoms with E-state index in [0.29, 0.717) is 43.9 Å². The maximum Gasteiger partial charge on any atom is 0.256 e. The normalized spacial score (nSPS) is 21.4. The van der Waals surface area contributed by atoms with Gasteiger partial charge in [0.1, 0.15) is 16.5 Å². The Kier molecular flexibility index (Phi) is 5.64. The van der Waals surface area contributed by atoms with Crippen LogP contribution in [0.4, 0.5) is 10.2 Å². The molecule has 0 aliphatic carbocycles. The largest absolute Gasteiger partial charge is 0.307 e. The zero-order chi connectivity index (χ0) is 22.4. The molecule has 9 nitrogen and oxygen atoms in total. The topological polar surface area (TPSA) is 118 Å². The maximum absolute atomic E-state index is 14.3. The van der Waals surface area contributed by atoms with E-state index >= 15 is 0 Å². The molecule has 1 N–H and O–H groups in total. The third-order valence-electron chi connectivity index (χ3n) is 5.53. The molecule has 0 radical (unpaired) electrons. The van der Waals surface area contributed by atoms with Crippen molar-refractivity contribution in [2.24, 2.45) is 0 Å². The van der Waals surface area contributed by atoms with Gasteiger partial charge in [0.25, 0.3) is 5.91 Å². The quantitative estimate of drug-likeness (QED) is 0.711. The standard InChI is InChI=1S/C19H23FN4O5S2/c1-13-10-18(24(22-13)15-6-9-30(26,27)12-15)21-19(25)14-4-5-16(20)17(11-14)31(28,29)23-7-2-3-8-23/h4-5,10-11,15H,2-3,6-9,12H2,1H3,(H,21,25). The van der Waals surface area contributed by atoms with Crippen molar-refractivity contribution in [3.8, 4) is 0 Å². The van der Waals surface area contributed by atoms with E-state index in [1.807, 2.05) is 0 Å². The van der Waals surface area contributed by atoms with Crippen molar-refractivity contribution in [1.29, 1.82) is 0 Å². The SMILES string of the molecule is Cc1cc(NC(=O)c2ccc(F)c(S(=O)(=O)N3CCCC3)c2)n(C2CCS(=O)(=O)C2)n1. The minimum Gasteiger partial charge on any atom is -0.307 e. The molecule has 2 fully saturated rings. The van der Waals surface area contributed by atoms with Crippen LogP contribution in [0.5, 0.6) is 0 Å². The Hall–Kier alpha value is -2.31. The number of carbonyl (C=O) groups excluding carboxylic acids is 1. The smallest absolute Gasteiger partial charge is 0.256 e. The Morgan fingerprint density at radius 2 is 1.94 bits per heavy atom. The second-order valence-corrected chi connectivity index (χ2v) is 12.0. The molecule has 2 aliphatic heterocycles. The first kappa shape index (κ1) is 21.9. The van der Waals surface area contributed by atoms with Gasteiger partial charge in [-0.05, 0) is 44.4 Å². The van der Waals surface area contributed by atoms with E-state index in [-0.39, 0.29) is 17.1 Å². The third kappa shape index (κ3) is 4.37. The molecule has 3 heterocycles.